The first-order valence-corrected chi connectivity index (χ1v) is 17.6. The molecule has 0 aromatic rings. The van der Waals surface area contributed by atoms with E-state index >= 15 is 0 Å². The summed E-state index contributed by atoms with van der Waals surface area (Å²) in [6.45, 7) is 2.34. The Hall–Kier alpha value is 2.22. The molecule has 0 aliphatic carbocycles. The third kappa shape index (κ3) is 4.77. The van der Waals surface area contributed by atoms with Crippen molar-refractivity contribution >= 4 is 58.6 Å². The van der Waals surface area contributed by atoms with Crippen molar-refractivity contribution in [1.82, 2.24) is 0 Å². The topological polar surface area (TPSA) is 0 Å². The summed E-state index contributed by atoms with van der Waals surface area (Å²) >= 11 is 3.46. The average molecular weight is 389 g/mol. The van der Waals surface area contributed by atoms with Crippen LogP contribution in [0.15, 0.2) is 0 Å². The molecule has 15 heavy (non-hydrogen) atoms. The van der Waals surface area contributed by atoms with Gasteiger partial charge in [0, 0.05) is 0 Å². The number of hydrogen-bond donors (Lipinski definition) is 0. The Morgan fingerprint density at radius 3 is 2.00 bits per heavy atom. The molecule has 0 bridgehead atoms. The summed E-state index contributed by atoms with van der Waals surface area (Å²) in [5.41, 5.74) is 0. The molecule has 0 nitrogen and oxygen atoms in total. The summed E-state index contributed by atoms with van der Waals surface area (Å²) in [6, 6.07) is 0. The minimum absolute atomic E-state index is 0.956. The zero-order chi connectivity index (χ0) is 10.5. The van der Waals surface area contributed by atoms with Crippen LogP contribution in [0.1, 0.15) is 32.6 Å². The molecule has 0 aromatic carbocycles. The molecule has 2 heterocycles. The van der Waals surface area contributed by atoms with Gasteiger partial charge in [0.2, 0.25) is 0 Å². The van der Waals surface area contributed by atoms with Gasteiger partial charge < -0.3 is 0 Å². The second-order valence-electron chi connectivity index (χ2n) is 3.80. The first kappa shape index (κ1) is 13.6. The predicted octanol–water partition coefficient (Wildman–Crippen LogP) is 4.67. The molecule has 2 aliphatic heterocycles. The van der Waals surface area contributed by atoms with Gasteiger partial charge in [0.25, 0.3) is 0 Å². The van der Waals surface area contributed by atoms with Crippen molar-refractivity contribution in [3.05, 3.63) is 0 Å². The number of unbranched alkanes of at least 4 members (excludes halogenated alkanes) is 1. The zero-order valence-electron chi connectivity index (χ0n) is 9.18. The summed E-state index contributed by atoms with van der Waals surface area (Å²) in [5.74, 6) is 2.87. The predicted molar refractivity (Wildman–Crippen MR) is 82.4 cm³/mol. The van der Waals surface area contributed by atoms with E-state index < -0.39 is 17.4 Å². The fourth-order valence-corrected chi connectivity index (χ4v) is 31.3. The Labute approximate surface area is 115 Å². The van der Waals surface area contributed by atoms with Crippen molar-refractivity contribution in [2.75, 3.05) is 11.5 Å². The van der Waals surface area contributed by atoms with Crippen molar-refractivity contribution in [3.63, 3.8) is 0 Å². The molecule has 88 valence electrons. The zero-order valence-corrected chi connectivity index (χ0v) is 15.0. The number of thioether (sulfide) groups is 2. The molecular formula is C10H19S4Sb. The molecule has 2 unspecified atom stereocenters. The number of rotatable bonds is 7. The number of hydrogen-bond acceptors (Lipinski definition) is 4. The molecule has 0 amide bonds. The Bertz CT molecular complexity index is 166. The molecule has 0 spiro atoms. The van der Waals surface area contributed by atoms with Gasteiger partial charge in [-0.3, -0.25) is 0 Å². The summed E-state index contributed by atoms with van der Waals surface area (Å²) < 4.78 is 3.65. The Balaban J connectivity index is 1.67. The second-order valence-corrected chi connectivity index (χ2v) is 22.8. The van der Waals surface area contributed by atoms with Crippen LogP contribution < -0.4 is 0 Å². The first-order valence-electron chi connectivity index (χ1n) is 5.73. The molecule has 0 saturated carbocycles. The van der Waals surface area contributed by atoms with Gasteiger partial charge in [-0.05, 0) is 0 Å². The molecule has 0 radical (unpaired) electrons. The van der Waals surface area contributed by atoms with Gasteiger partial charge >= 0.3 is 116 Å². The Morgan fingerprint density at radius 1 is 1.13 bits per heavy atom. The van der Waals surface area contributed by atoms with E-state index in [4.69, 9.17) is 0 Å². The maximum absolute atomic E-state index is 2.44. The van der Waals surface area contributed by atoms with Crippen LogP contribution in [0.25, 0.3) is 0 Å². The van der Waals surface area contributed by atoms with Crippen molar-refractivity contribution < 1.29 is 0 Å². The molecule has 2 rings (SSSR count). The molecular weight excluding hydrogens is 370 g/mol. The van der Waals surface area contributed by atoms with Crippen LogP contribution in [0.5, 0.6) is 0 Å². The molecule has 5 heteroatoms. The monoisotopic (exact) mass is 388 g/mol. The van der Waals surface area contributed by atoms with E-state index in [9.17, 15) is 0 Å². The van der Waals surface area contributed by atoms with E-state index in [1.165, 1.54) is 37.2 Å². The van der Waals surface area contributed by atoms with Gasteiger partial charge in [-0.25, -0.2) is 0 Å². The first-order chi connectivity index (χ1) is 7.38. The quantitative estimate of drug-likeness (QED) is 0.581. The fraction of sp³-hybridized carbons (Fsp3) is 1.00. The van der Waals surface area contributed by atoms with Crippen molar-refractivity contribution in [2.45, 2.75) is 46.1 Å². The Morgan fingerprint density at radius 2 is 1.67 bits per heavy atom. The molecule has 0 N–H and O–H groups in total. The Kier molecular flexibility index (Phi) is 6.92. The molecule has 2 aliphatic rings. The van der Waals surface area contributed by atoms with Gasteiger partial charge in [0.05, 0.1) is 0 Å². The van der Waals surface area contributed by atoms with Crippen molar-refractivity contribution in [1.29, 1.82) is 0 Å². The van der Waals surface area contributed by atoms with E-state index in [0.29, 0.717) is 0 Å². The standard InChI is InChI=1S/C4H9.2C3H6S2.Sb/c1-3-4-2;2*4-3-1-2-5-3;/h1,3-4H2,2H3;2*3-4H,1-2H2;/q;;;+2/p-2. The van der Waals surface area contributed by atoms with Crippen LogP contribution in [0.3, 0.4) is 0 Å². The molecule has 2 saturated heterocycles. The van der Waals surface area contributed by atoms with Gasteiger partial charge in [-0.1, -0.05) is 0 Å². The summed E-state index contributed by atoms with van der Waals surface area (Å²) in [5, 5.41) is 0. The van der Waals surface area contributed by atoms with Crippen LogP contribution in [0.2, 0.25) is 4.37 Å². The van der Waals surface area contributed by atoms with Crippen LogP contribution in [0, 0.1) is 0 Å². The van der Waals surface area contributed by atoms with E-state index in [-0.39, 0.29) is 0 Å². The van der Waals surface area contributed by atoms with Crippen LogP contribution >= 0.6 is 41.2 Å². The van der Waals surface area contributed by atoms with Crippen molar-refractivity contribution in [2.24, 2.45) is 0 Å². The summed E-state index contributed by atoms with van der Waals surface area (Å²) in [4.78, 5) is 0. The van der Waals surface area contributed by atoms with E-state index in [1.54, 1.807) is 4.37 Å². The fourth-order valence-electron chi connectivity index (χ4n) is 1.27. The second kappa shape index (κ2) is 7.61. The van der Waals surface area contributed by atoms with E-state index in [2.05, 4.69) is 48.1 Å². The normalized spacial score (nSPS) is 30.0. The average Bonchev–Trinajstić information content (AvgIpc) is 2.11. The molecule has 2 fully saturated rings. The van der Waals surface area contributed by atoms with E-state index in [1.807, 2.05) is 0 Å². The summed E-state index contributed by atoms with van der Waals surface area (Å²) in [7, 11) is 4.89. The van der Waals surface area contributed by atoms with Gasteiger partial charge in [-0.15, -0.1) is 0 Å². The van der Waals surface area contributed by atoms with Crippen LogP contribution in [0.4, 0.5) is 0 Å². The molecule has 2 atom stereocenters. The molecule has 0 aromatic heterocycles. The summed E-state index contributed by atoms with van der Waals surface area (Å²) in [6.07, 6.45) is 5.90. The SMILES string of the molecule is CCC[CH2][Sb]([S]C1CCS1)[S]C1CCS1. The van der Waals surface area contributed by atoms with E-state index in [0.717, 1.165) is 9.16 Å². The third-order valence-electron chi connectivity index (χ3n) is 2.48. The van der Waals surface area contributed by atoms with Crippen molar-refractivity contribution in [3.8, 4) is 0 Å². The maximum atomic E-state index is 2.44. The third-order valence-corrected chi connectivity index (χ3v) is 26.2. The van der Waals surface area contributed by atoms with Gasteiger partial charge in [0.15, 0.2) is 0 Å². The van der Waals surface area contributed by atoms with Crippen LogP contribution in [-0.4, -0.2) is 38.1 Å². The van der Waals surface area contributed by atoms with Crippen LogP contribution in [-0.2, 0) is 0 Å². The van der Waals surface area contributed by atoms with Gasteiger partial charge in [0.1, 0.15) is 0 Å². The van der Waals surface area contributed by atoms with Gasteiger partial charge in [-0.2, -0.15) is 0 Å². The minimum atomic E-state index is -0.956.